The minimum Gasteiger partial charge on any atom is -0.450 e. The van der Waals surface area contributed by atoms with Gasteiger partial charge in [-0.15, -0.1) is 0 Å². The number of guanidine groups is 1. The highest BCUT2D eigenvalue weighted by molar-refractivity contribution is 9.10. The molecule has 2 N–H and O–H groups in total. The molecule has 1 amide bonds. The average Bonchev–Trinajstić information content (AvgIpc) is 2.62. The SMILES string of the molecule is CCNC(=NCc1ccc(Br)cc1Cl)NC1CCN(C(=O)OCC)CC1. The Labute approximate surface area is 168 Å². The quantitative estimate of drug-likeness (QED) is 0.535. The first-order chi connectivity index (χ1) is 12.5. The Bertz CT molecular complexity index is 634. The van der Waals surface area contributed by atoms with Crippen LogP contribution in [0.1, 0.15) is 32.3 Å². The molecule has 0 unspecified atom stereocenters. The number of halogens is 2. The predicted octanol–water partition coefficient (Wildman–Crippen LogP) is 3.78. The highest BCUT2D eigenvalue weighted by Gasteiger charge is 2.24. The molecule has 1 aliphatic rings. The van der Waals surface area contributed by atoms with E-state index in [9.17, 15) is 4.79 Å². The van der Waals surface area contributed by atoms with Gasteiger partial charge in [0.2, 0.25) is 0 Å². The van der Waals surface area contributed by atoms with Gasteiger partial charge in [-0.2, -0.15) is 0 Å². The predicted molar refractivity (Wildman–Crippen MR) is 109 cm³/mol. The summed E-state index contributed by atoms with van der Waals surface area (Å²) in [5, 5.41) is 7.42. The maximum absolute atomic E-state index is 11.8. The van der Waals surface area contributed by atoms with Crippen LogP contribution in [0.15, 0.2) is 27.7 Å². The number of carbonyl (C=O) groups is 1. The summed E-state index contributed by atoms with van der Waals surface area (Å²) in [5.74, 6) is 0.765. The van der Waals surface area contributed by atoms with Crippen LogP contribution in [0.25, 0.3) is 0 Å². The molecule has 1 fully saturated rings. The Balaban J connectivity index is 1.90. The second-order valence-electron chi connectivity index (χ2n) is 6.04. The van der Waals surface area contributed by atoms with Gasteiger partial charge in [0.15, 0.2) is 5.96 Å². The van der Waals surface area contributed by atoms with Crippen molar-refractivity contribution in [3.8, 4) is 0 Å². The molecule has 8 heteroatoms. The first-order valence-corrected chi connectivity index (χ1v) is 10.1. The number of aliphatic imine (C=N–C) groups is 1. The molecule has 0 atom stereocenters. The Morgan fingerprint density at radius 1 is 1.38 bits per heavy atom. The second-order valence-corrected chi connectivity index (χ2v) is 7.36. The minimum atomic E-state index is -0.226. The number of benzene rings is 1. The Kier molecular flexibility index (Phi) is 8.51. The summed E-state index contributed by atoms with van der Waals surface area (Å²) in [4.78, 5) is 18.2. The summed E-state index contributed by atoms with van der Waals surface area (Å²) in [6.45, 7) is 6.93. The van der Waals surface area contributed by atoms with Crippen molar-refractivity contribution in [1.29, 1.82) is 0 Å². The van der Waals surface area contributed by atoms with Crippen LogP contribution >= 0.6 is 27.5 Å². The van der Waals surface area contributed by atoms with Crippen LogP contribution in [0.2, 0.25) is 5.02 Å². The molecular weight excluding hydrogens is 420 g/mol. The monoisotopic (exact) mass is 444 g/mol. The maximum atomic E-state index is 11.8. The van der Waals surface area contributed by atoms with Gasteiger partial charge >= 0.3 is 6.09 Å². The topological polar surface area (TPSA) is 66.0 Å². The Hall–Kier alpha value is -1.47. The number of nitrogens with zero attached hydrogens (tertiary/aromatic N) is 2. The van der Waals surface area contributed by atoms with Crippen molar-refractivity contribution in [2.45, 2.75) is 39.3 Å². The number of piperidine rings is 1. The summed E-state index contributed by atoms with van der Waals surface area (Å²) in [7, 11) is 0. The average molecular weight is 446 g/mol. The van der Waals surface area contributed by atoms with E-state index in [1.54, 1.807) is 4.90 Å². The lowest BCUT2D eigenvalue weighted by molar-refractivity contribution is 0.0963. The molecule has 6 nitrogen and oxygen atoms in total. The van der Waals surface area contributed by atoms with Gasteiger partial charge in [0.05, 0.1) is 13.2 Å². The van der Waals surface area contributed by atoms with Crippen molar-refractivity contribution in [3.63, 3.8) is 0 Å². The third-order valence-corrected chi connectivity index (χ3v) is 4.97. The first-order valence-electron chi connectivity index (χ1n) is 8.94. The third-order valence-electron chi connectivity index (χ3n) is 4.13. The number of nitrogens with one attached hydrogen (secondary N) is 2. The molecular formula is C18H26BrClN4O2. The van der Waals surface area contributed by atoms with Gasteiger partial charge in [-0.05, 0) is 44.4 Å². The molecule has 0 radical (unpaired) electrons. The summed E-state index contributed by atoms with van der Waals surface area (Å²) in [6.07, 6.45) is 1.50. The van der Waals surface area contributed by atoms with Gasteiger partial charge in [0.25, 0.3) is 0 Å². The lowest BCUT2D eigenvalue weighted by Gasteiger charge is -2.32. The Morgan fingerprint density at radius 3 is 2.73 bits per heavy atom. The summed E-state index contributed by atoms with van der Waals surface area (Å²) >= 11 is 9.67. The second kappa shape index (κ2) is 10.6. The van der Waals surface area contributed by atoms with E-state index < -0.39 is 0 Å². The molecule has 2 rings (SSSR count). The normalized spacial score (nSPS) is 15.7. The highest BCUT2D eigenvalue weighted by Crippen LogP contribution is 2.22. The maximum Gasteiger partial charge on any atom is 0.409 e. The summed E-state index contributed by atoms with van der Waals surface area (Å²) in [5.41, 5.74) is 0.976. The summed E-state index contributed by atoms with van der Waals surface area (Å²) in [6, 6.07) is 6.08. The fourth-order valence-electron chi connectivity index (χ4n) is 2.75. The summed E-state index contributed by atoms with van der Waals surface area (Å²) < 4.78 is 6.01. The van der Waals surface area contributed by atoms with E-state index in [4.69, 9.17) is 16.3 Å². The largest absolute Gasteiger partial charge is 0.450 e. The van der Waals surface area contributed by atoms with Crippen LogP contribution in [-0.2, 0) is 11.3 Å². The lowest BCUT2D eigenvalue weighted by atomic mass is 10.1. The molecule has 0 saturated carbocycles. The number of carbonyl (C=O) groups excluding carboxylic acids is 1. The fraction of sp³-hybridized carbons (Fsp3) is 0.556. The number of hydrogen-bond donors (Lipinski definition) is 2. The smallest absolute Gasteiger partial charge is 0.409 e. The van der Waals surface area contributed by atoms with Crippen molar-refractivity contribution < 1.29 is 9.53 Å². The minimum absolute atomic E-state index is 0.226. The van der Waals surface area contributed by atoms with Crippen molar-refractivity contribution in [1.82, 2.24) is 15.5 Å². The Morgan fingerprint density at radius 2 is 2.12 bits per heavy atom. The fourth-order valence-corrected chi connectivity index (χ4v) is 3.48. The van der Waals surface area contributed by atoms with Crippen molar-refractivity contribution in [2.24, 2.45) is 4.99 Å². The van der Waals surface area contributed by atoms with Crippen molar-refractivity contribution in [2.75, 3.05) is 26.2 Å². The molecule has 0 bridgehead atoms. The molecule has 1 saturated heterocycles. The number of likely N-dealkylation sites (tertiary alicyclic amines) is 1. The first kappa shape index (κ1) is 20.8. The zero-order valence-electron chi connectivity index (χ0n) is 15.2. The molecule has 1 heterocycles. The van der Waals surface area contributed by atoms with Gasteiger partial charge < -0.3 is 20.3 Å². The van der Waals surface area contributed by atoms with Crippen molar-refractivity contribution in [3.05, 3.63) is 33.3 Å². The molecule has 1 aromatic carbocycles. The van der Waals surface area contributed by atoms with Gasteiger partial charge in [-0.25, -0.2) is 9.79 Å². The van der Waals surface area contributed by atoms with Crippen LogP contribution in [0, 0.1) is 0 Å². The van der Waals surface area contributed by atoms with E-state index >= 15 is 0 Å². The van der Waals surface area contributed by atoms with E-state index in [1.807, 2.05) is 32.0 Å². The molecule has 1 aromatic rings. The molecule has 0 aromatic heterocycles. The van der Waals surface area contributed by atoms with Crippen molar-refractivity contribution >= 4 is 39.6 Å². The molecule has 0 spiro atoms. The zero-order valence-corrected chi connectivity index (χ0v) is 17.6. The standard InChI is InChI=1S/C18H26BrClN4O2/c1-3-21-17(22-12-13-5-6-14(19)11-16(13)20)23-15-7-9-24(10-8-15)18(25)26-4-2/h5-6,11,15H,3-4,7-10,12H2,1-2H3,(H2,21,22,23). The van der Waals surface area contributed by atoms with Crippen LogP contribution in [0.5, 0.6) is 0 Å². The van der Waals surface area contributed by atoms with Crippen LogP contribution in [0.3, 0.4) is 0 Å². The number of amides is 1. The van der Waals surface area contributed by atoms with Crippen LogP contribution < -0.4 is 10.6 Å². The molecule has 1 aliphatic heterocycles. The van der Waals surface area contributed by atoms with Gasteiger partial charge in [-0.3, -0.25) is 0 Å². The van der Waals surface area contributed by atoms with Gasteiger partial charge in [0.1, 0.15) is 0 Å². The van der Waals surface area contributed by atoms with E-state index in [1.165, 1.54) is 0 Å². The van der Waals surface area contributed by atoms with Crippen LogP contribution in [0.4, 0.5) is 4.79 Å². The molecule has 26 heavy (non-hydrogen) atoms. The van der Waals surface area contributed by atoms with E-state index in [0.29, 0.717) is 31.3 Å². The molecule has 0 aliphatic carbocycles. The highest BCUT2D eigenvalue weighted by atomic mass is 79.9. The third kappa shape index (κ3) is 6.36. The number of ether oxygens (including phenoxy) is 1. The number of rotatable bonds is 5. The van der Waals surface area contributed by atoms with E-state index in [0.717, 1.165) is 35.4 Å². The zero-order chi connectivity index (χ0) is 18.9. The van der Waals surface area contributed by atoms with E-state index in [2.05, 4.69) is 31.6 Å². The van der Waals surface area contributed by atoms with Crippen LogP contribution in [-0.4, -0.2) is 49.2 Å². The lowest BCUT2D eigenvalue weighted by Crippen LogP contribution is -2.49. The van der Waals surface area contributed by atoms with Gasteiger partial charge in [0, 0.05) is 35.2 Å². The van der Waals surface area contributed by atoms with E-state index in [-0.39, 0.29) is 12.1 Å². The molecule has 144 valence electrons. The van der Waals surface area contributed by atoms with Gasteiger partial charge in [-0.1, -0.05) is 33.6 Å². The number of hydrogen-bond acceptors (Lipinski definition) is 3.